The van der Waals surface area contributed by atoms with Gasteiger partial charge in [0.05, 0.1) is 0 Å². The summed E-state index contributed by atoms with van der Waals surface area (Å²) in [6, 6.07) is 44.1. The summed E-state index contributed by atoms with van der Waals surface area (Å²) in [5.41, 5.74) is 21.9. The van der Waals surface area contributed by atoms with E-state index >= 15 is 0 Å². The predicted molar refractivity (Wildman–Crippen MR) is 149 cm³/mol. The molecule has 0 aliphatic rings. The molecule has 0 unspecified atom stereocenters. The van der Waals surface area contributed by atoms with Crippen LogP contribution in [0, 0.1) is 0 Å². The summed E-state index contributed by atoms with van der Waals surface area (Å²) < 4.78 is 0. The van der Waals surface area contributed by atoms with Crippen LogP contribution in [0.25, 0.3) is 22.3 Å². The molecule has 0 bridgehead atoms. The summed E-state index contributed by atoms with van der Waals surface area (Å²) in [6.07, 6.45) is 0. The highest BCUT2D eigenvalue weighted by molar-refractivity contribution is 5.86. The molecule has 0 spiro atoms. The zero-order chi connectivity index (χ0) is 24.0. The fraction of sp³-hybridized carbons (Fsp3) is 0.0625. The number of anilines is 3. The Hall–Kier alpha value is -4.50. The second-order valence-corrected chi connectivity index (χ2v) is 8.80. The minimum absolute atomic E-state index is 0.748. The van der Waals surface area contributed by atoms with Crippen LogP contribution in [0.2, 0.25) is 0 Å². The number of nitrogens with zero attached hydrogens (tertiary/aromatic N) is 1. The maximum Gasteiger partial charge on any atom is 0.0433 e. The molecule has 0 heterocycles. The van der Waals surface area contributed by atoms with E-state index in [2.05, 4.69) is 108 Å². The number of rotatable bonds is 7. The maximum atomic E-state index is 6.19. The number of hydrogen-bond donors (Lipinski definition) is 2. The van der Waals surface area contributed by atoms with E-state index in [1.807, 2.05) is 24.3 Å². The fourth-order valence-electron chi connectivity index (χ4n) is 4.41. The molecule has 5 rings (SSSR count). The van der Waals surface area contributed by atoms with E-state index in [1.165, 1.54) is 16.8 Å². The van der Waals surface area contributed by atoms with Gasteiger partial charge in [0, 0.05) is 30.2 Å². The van der Waals surface area contributed by atoms with Gasteiger partial charge in [0.1, 0.15) is 0 Å². The zero-order valence-electron chi connectivity index (χ0n) is 19.6. The summed E-state index contributed by atoms with van der Waals surface area (Å²) in [7, 11) is 0. The maximum absolute atomic E-state index is 6.19. The van der Waals surface area contributed by atoms with E-state index in [4.69, 9.17) is 11.5 Å². The molecule has 0 aromatic heterocycles. The van der Waals surface area contributed by atoms with E-state index < -0.39 is 0 Å². The van der Waals surface area contributed by atoms with Crippen molar-refractivity contribution in [3.05, 3.63) is 139 Å². The molecule has 172 valence electrons. The van der Waals surface area contributed by atoms with Crippen molar-refractivity contribution in [3.63, 3.8) is 0 Å². The van der Waals surface area contributed by atoms with E-state index in [0.717, 1.165) is 46.7 Å². The molecular weight excluding hydrogens is 426 g/mol. The summed E-state index contributed by atoms with van der Waals surface area (Å²) >= 11 is 0. The second kappa shape index (κ2) is 10.2. The molecule has 0 amide bonds. The van der Waals surface area contributed by atoms with Gasteiger partial charge >= 0.3 is 0 Å². The minimum atomic E-state index is 0.748. The second-order valence-electron chi connectivity index (χ2n) is 8.80. The normalized spacial score (nSPS) is 10.7. The third kappa shape index (κ3) is 5.36. The highest BCUT2D eigenvalue weighted by Crippen LogP contribution is 2.35. The van der Waals surface area contributed by atoms with Crippen molar-refractivity contribution in [1.29, 1.82) is 0 Å². The van der Waals surface area contributed by atoms with Crippen molar-refractivity contribution in [2.24, 2.45) is 0 Å². The molecule has 3 heteroatoms. The molecule has 0 saturated heterocycles. The molecule has 0 atom stereocenters. The molecule has 0 fully saturated rings. The quantitative estimate of drug-likeness (QED) is 0.252. The van der Waals surface area contributed by atoms with Crippen LogP contribution in [0.3, 0.4) is 0 Å². The Labute approximate surface area is 207 Å². The number of nitrogens with two attached hydrogens (primary N) is 2. The summed E-state index contributed by atoms with van der Waals surface area (Å²) in [4.78, 5) is 2.41. The summed E-state index contributed by atoms with van der Waals surface area (Å²) in [6.45, 7) is 1.67. The monoisotopic (exact) mass is 455 g/mol. The Morgan fingerprint density at radius 1 is 0.457 bits per heavy atom. The van der Waals surface area contributed by atoms with Crippen LogP contribution < -0.4 is 16.4 Å². The lowest BCUT2D eigenvalue weighted by Gasteiger charge is -2.26. The van der Waals surface area contributed by atoms with Crippen molar-refractivity contribution in [2.75, 3.05) is 16.4 Å². The van der Waals surface area contributed by atoms with E-state index in [-0.39, 0.29) is 0 Å². The lowest BCUT2D eigenvalue weighted by atomic mass is 9.93. The number of benzene rings is 5. The van der Waals surface area contributed by atoms with Gasteiger partial charge in [-0.3, -0.25) is 0 Å². The first-order chi connectivity index (χ1) is 17.2. The van der Waals surface area contributed by atoms with Crippen LogP contribution in [0.1, 0.15) is 11.1 Å². The topological polar surface area (TPSA) is 55.3 Å². The third-order valence-electron chi connectivity index (χ3n) is 6.24. The van der Waals surface area contributed by atoms with Crippen LogP contribution >= 0.6 is 0 Å². The Morgan fingerprint density at radius 3 is 1.51 bits per heavy atom. The Balaban J connectivity index is 1.48. The molecule has 4 N–H and O–H groups in total. The average Bonchev–Trinajstić information content (AvgIpc) is 2.90. The van der Waals surface area contributed by atoms with Crippen LogP contribution in [-0.2, 0) is 13.1 Å². The Bertz CT molecular complexity index is 1340. The number of nitrogen functional groups attached to an aromatic ring is 2. The van der Waals surface area contributed by atoms with E-state index in [1.54, 1.807) is 0 Å². The van der Waals surface area contributed by atoms with Gasteiger partial charge in [-0.1, -0.05) is 91.0 Å². The molecule has 0 aliphatic carbocycles. The van der Waals surface area contributed by atoms with Gasteiger partial charge in [-0.25, -0.2) is 0 Å². The molecule has 0 radical (unpaired) electrons. The lowest BCUT2D eigenvalue weighted by Crippen LogP contribution is -2.22. The average molecular weight is 456 g/mol. The fourth-order valence-corrected chi connectivity index (χ4v) is 4.41. The number of hydrogen-bond acceptors (Lipinski definition) is 3. The third-order valence-corrected chi connectivity index (χ3v) is 6.24. The first-order valence-corrected chi connectivity index (χ1v) is 11.8. The van der Waals surface area contributed by atoms with Gasteiger partial charge in [-0.2, -0.15) is 0 Å². The first-order valence-electron chi connectivity index (χ1n) is 11.8. The van der Waals surface area contributed by atoms with Gasteiger partial charge in [0.15, 0.2) is 0 Å². The van der Waals surface area contributed by atoms with Gasteiger partial charge in [-0.05, 0) is 69.8 Å². The molecule has 5 aromatic carbocycles. The summed E-state index contributed by atoms with van der Waals surface area (Å²) in [5, 5.41) is 0. The van der Waals surface area contributed by atoms with E-state index in [9.17, 15) is 0 Å². The van der Waals surface area contributed by atoms with Crippen molar-refractivity contribution in [1.82, 2.24) is 0 Å². The van der Waals surface area contributed by atoms with Crippen LogP contribution in [-0.4, -0.2) is 0 Å². The Kier molecular flexibility index (Phi) is 6.49. The van der Waals surface area contributed by atoms with Crippen LogP contribution in [0.5, 0.6) is 0 Å². The van der Waals surface area contributed by atoms with Gasteiger partial charge < -0.3 is 16.4 Å². The first kappa shape index (κ1) is 22.3. The Morgan fingerprint density at radius 2 is 0.943 bits per heavy atom. The molecular formula is C32H29N3. The SMILES string of the molecule is Nc1ccc(-c2ccc(N)cc2-c2ccc(N(Cc3ccccc3)Cc3ccccc3)cc2)cc1. The molecule has 3 nitrogen and oxygen atoms in total. The van der Waals surface area contributed by atoms with Crippen LogP contribution in [0.15, 0.2) is 127 Å². The van der Waals surface area contributed by atoms with Crippen molar-refractivity contribution < 1.29 is 0 Å². The van der Waals surface area contributed by atoms with Gasteiger partial charge in [-0.15, -0.1) is 0 Å². The summed E-state index contributed by atoms with van der Waals surface area (Å²) in [5.74, 6) is 0. The largest absolute Gasteiger partial charge is 0.399 e. The standard InChI is InChI=1S/C32H29N3/c33-28-15-11-26(12-16-28)31-20-17-29(34)21-32(31)27-13-18-30(19-14-27)35(22-24-7-3-1-4-8-24)23-25-9-5-2-6-10-25/h1-21H,22-23,33-34H2. The van der Waals surface area contributed by atoms with Crippen LogP contribution in [0.4, 0.5) is 17.1 Å². The lowest BCUT2D eigenvalue weighted by molar-refractivity contribution is 0.800. The predicted octanol–water partition coefficient (Wildman–Crippen LogP) is 7.39. The highest BCUT2D eigenvalue weighted by Gasteiger charge is 2.12. The van der Waals surface area contributed by atoms with Gasteiger partial charge in [0.25, 0.3) is 0 Å². The molecule has 35 heavy (non-hydrogen) atoms. The van der Waals surface area contributed by atoms with Crippen molar-refractivity contribution in [3.8, 4) is 22.3 Å². The highest BCUT2D eigenvalue weighted by atomic mass is 15.1. The molecule has 5 aromatic rings. The van der Waals surface area contributed by atoms with Crippen molar-refractivity contribution >= 4 is 17.1 Å². The molecule has 0 saturated carbocycles. The minimum Gasteiger partial charge on any atom is -0.399 e. The van der Waals surface area contributed by atoms with Gasteiger partial charge in [0.2, 0.25) is 0 Å². The van der Waals surface area contributed by atoms with Crippen molar-refractivity contribution in [2.45, 2.75) is 13.1 Å². The smallest absolute Gasteiger partial charge is 0.0433 e. The van der Waals surface area contributed by atoms with E-state index in [0.29, 0.717) is 0 Å². The zero-order valence-corrected chi connectivity index (χ0v) is 19.6. The molecule has 0 aliphatic heterocycles.